The summed E-state index contributed by atoms with van der Waals surface area (Å²) >= 11 is 0. The number of methoxy groups -OCH3 is 1. The first-order chi connectivity index (χ1) is 9.56. The van der Waals surface area contributed by atoms with E-state index in [0.29, 0.717) is 5.92 Å². The number of hydrogen-bond acceptors (Lipinski definition) is 3. The Labute approximate surface area is 122 Å². The molecule has 4 atom stereocenters. The Morgan fingerprint density at radius 2 is 2.00 bits per heavy atom. The van der Waals surface area contributed by atoms with E-state index >= 15 is 0 Å². The van der Waals surface area contributed by atoms with Crippen LogP contribution in [0.2, 0.25) is 0 Å². The summed E-state index contributed by atoms with van der Waals surface area (Å²) in [5.74, 6) is 8.99. The molecule has 0 bridgehead atoms. The summed E-state index contributed by atoms with van der Waals surface area (Å²) in [5, 5.41) is 0. The minimum Gasteiger partial charge on any atom is -0.496 e. The van der Waals surface area contributed by atoms with Gasteiger partial charge in [-0.1, -0.05) is 38.0 Å². The first-order valence-electron chi connectivity index (χ1n) is 7.67. The highest BCUT2D eigenvalue weighted by atomic mass is 16.5. The fraction of sp³-hybridized carbons (Fsp3) is 0.647. The summed E-state index contributed by atoms with van der Waals surface area (Å²) in [6.07, 6.45) is 3.75. The maximum Gasteiger partial charge on any atom is 0.123 e. The lowest BCUT2D eigenvalue weighted by molar-refractivity contribution is 0.170. The highest BCUT2D eigenvalue weighted by Crippen LogP contribution is 2.41. The van der Waals surface area contributed by atoms with Crippen molar-refractivity contribution in [2.45, 2.75) is 46.1 Å². The van der Waals surface area contributed by atoms with Gasteiger partial charge in [-0.2, -0.15) is 0 Å². The fourth-order valence-electron chi connectivity index (χ4n) is 3.47. The molecule has 0 radical (unpaired) electrons. The third kappa shape index (κ3) is 3.15. The number of aryl methyl sites for hydroxylation is 1. The summed E-state index contributed by atoms with van der Waals surface area (Å²) in [7, 11) is 1.73. The number of rotatable bonds is 4. The predicted octanol–water partition coefficient (Wildman–Crippen LogP) is 3.58. The molecule has 112 valence electrons. The van der Waals surface area contributed by atoms with E-state index in [1.807, 2.05) is 6.07 Å². The number of ether oxygens (including phenoxy) is 1. The Morgan fingerprint density at radius 1 is 1.25 bits per heavy atom. The van der Waals surface area contributed by atoms with Gasteiger partial charge in [-0.25, -0.2) is 0 Å². The second kappa shape index (κ2) is 6.59. The summed E-state index contributed by atoms with van der Waals surface area (Å²) < 4.78 is 5.53. The van der Waals surface area contributed by atoms with E-state index < -0.39 is 0 Å². The molecule has 1 aromatic rings. The van der Waals surface area contributed by atoms with Gasteiger partial charge in [0.1, 0.15) is 5.75 Å². The first-order valence-corrected chi connectivity index (χ1v) is 7.67. The van der Waals surface area contributed by atoms with Crippen LogP contribution in [0.25, 0.3) is 0 Å². The van der Waals surface area contributed by atoms with Gasteiger partial charge in [0, 0.05) is 5.56 Å². The van der Waals surface area contributed by atoms with Gasteiger partial charge in [0.25, 0.3) is 0 Å². The molecule has 0 heterocycles. The summed E-state index contributed by atoms with van der Waals surface area (Å²) in [6, 6.07) is 6.51. The molecule has 1 aromatic carbocycles. The second-order valence-electron chi connectivity index (χ2n) is 6.42. The summed E-state index contributed by atoms with van der Waals surface area (Å²) in [4.78, 5) is 0. The van der Waals surface area contributed by atoms with Crippen molar-refractivity contribution in [1.82, 2.24) is 5.43 Å². The van der Waals surface area contributed by atoms with Crippen molar-refractivity contribution >= 4 is 0 Å². The quantitative estimate of drug-likeness (QED) is 0.652. The topological polar surface area (TPSA) is 47.3 Å². The van der Waals surface area contributed by atoms with Crippen LogP contribution >= 0.6 is 0 Å². The molecule has 2 rings (SSSR count). The molecule has 1 saturated carbocycles. The lowest BCUT2D eigenvalue weighted by atomic mass is 9.72. The Balaban J connectivity index is 2.26. The molecular weight excluding hydrogens is 248 g/mol. The highest BCUT2D eigenvalue weighted by molar-refractivity contribution is 5.39. The summed E-state index contributed by atoms with van der Waals surface area (Å²) in [6.45, 7) is 6.83. The van der Waals surface area contributed by atoms with E-state index in [9.17, 15) is 0 Å². The number of nitrogens with two attached hydrogens (primary N) is 1. The van der Waals surface area contributed by atoms with E-state index in [1.165, 1.54) is 30.4 Å². The first kappa shape index (κ1) is 15.3. The van der Waals surface area contributed by atoms with Gasteiger partial charge < -0.3 is 4.74 Å². The van der Waals surface area contributed by atoms with Crippen LogP contribution in [0, 0.1) is 24.7 Å². The van der Waals surface area contributed by atoms with E-state index in [4.69, 9.17) is 10.6 Å². The van der Waals surface area contributed by atoms with Crippen LogP contribution in [-0.2, 0) is 0 Å². The normalized spacial score (nSPS) is 28.1. The zero-order valence-corrected chi connectivity index (χ0v) is 13.1. The van der Waals surface area contributed by atoms with Crippen LogP contribution in [0.15, 0.2) is 18.2 Å². The van der Waals surface area contributed by atoms with Crippen LogP contribution in [0.3, 0.4) is 0 Å². The zero-order chi connectivity index (χ0) is 14.7. The lowest BCUT2D eigenvalue weighted by Crippen LogP contribution is -2.37. The van der Waals surface area contributed by atoms with Crippen molar-refractivity contribution in [2.24, 2.45) is 23.6 Å². The van der Waals surface area contributed by atoms with Gasteiger partial charge >= 0.3 is 0 Å². The minimum atomic E-state index is 0.180. The molecule has 20 heavy (non-hydrogen) atoms. The predicted molar refractivity (Wildman–Crippen MR) is 83.5 cm³/mol. The molecule has 3 heteroatoms. The molecule has 3 N–H and O–H groups in total. The van der Waals surface area contributed by atoms with E-state index in [1.54, 1.807) is 7.11 Å². The zero-order valence-electron chi connectivity index (χ0n) is 13.1. The van der Waals surface area contributed by atoms with Crippen molar-refractivity contribution in [1.29, 1.82) is 0 Å². The van der Waals surface area contributed by atoms with Crippen LogP contribution < -0.4 is 16.0 Å². The molecule has 4 unspecified atom stereocenters. The van der Waals surface area contributed by atoms with Crippen molar-refractivity contribution < 1.29 is 4.74 Å². The number of benzene rings is 1. The van der Waals surface area contributed by atoms with Gasteiger partial charge in [-0.05, 0) is 43.6 Å². The average Bonchev–Trinajstić information content (AvgIpc) is 2.44. The molecule has 0 aliphatic heterocycles. The molecule has 1 aliphatic carbocycles. The van der Waals surface area contributed by atoms with Crippen molar-refractivity contribution in [3.8, 4) is 5.75 Å². The number of hydrogen-bond donors (Lipinski definition) is 2. The van der Waals surface area contributed by atoms with E-state index in [2.05, 4.69) is 38.3 Å². The Hall–Kier alpha value is -1.06. The van der Waals surface area contributed by atoms with Gasteiger partial charge in [-0.3, -0.25) is 11.3 Å². The van der Waals surface area contributed by atoms with Crippen molar-refractivity contribution in [3.63, 3.8) is 0 Å². The molecule has 1 aliphatic rings. The Bertz CT molecular complexity index is 447. The smallest absolute Gasteiger partial charge is 0.123 e. The van der Waals surface area contributed by atoms with Gasteiger partial charge in [0.05, 0.1) is 13.2 Å². The Kier molecular flexibility index (Phi) is 5.06. The lowest BCUT2D eigenvalue weighted by Gasteiger charge is -2.37. The minimum absolute atomic E-state index is 0.180. The molecule has 0 aromatic heterocycles. The van der Waals surface area contributed by atoms with Crippen LogP contribution in [-0.4, -0.2) is 7.11 Å². The molecule has 3 nitrogen and oxygen atoms in total. The van der Waals surface area contributed by atoms with Gasteiger partial charge in [0.2, 0.25) is 0 Å². The van der Waals surface area contributed by atoms with E-state index in [-0.39, 0.29) is 6.04 Å². The van der Waals surface area contributed by atoms with Crippen molar-refractivity contribution in [3.05, 3.63) is 29.3 Å². The van der Waals surface area contributed by atoms with Crippen LogP contribution in [0.1, 0.15) is 50.3 Å². The molecule has 0 amide bonds. The van der Waals surface area contributed by atoms with Gasteiger partial charge in [0.15, 0.2) is 0 Å². The molecule has 0 saturated heterocycles. The highest BCUT2D eigenvalue weighted by Gasteiger charge is 2.31. The summed E-state index contributed by atoms with van der Waals surface area (Å²) in [5.41, 5.74) is 5.49. The standard InChI is InChI=1S/C17H28N2O/c1-11-5-8-16(20-4)15(9-11)17(19-18)14-7-6-12(2)13(3)10-14/h5,8-9,12-14,17,19H,6-7,10,18H2,1-4H3. The third-order valence-electron chi connectivity index (χ3n) is 5.01. The third-order valence-corrected chi connectivity index (χ3v) is 5.01. The Morgan fingerprint density at radius 3 is 2.60 bits per heavy atom. The maximum absolute atomic E-state index is 5.88. The van der Waals surface area contributed by atoms with E-state index in [0.717, 1.165) is 17.6 Å². The monoisotopic (exact) mass is 276 g/mol. The molecule has 0 spiro atoms. The number of hydrazine groups is 1. The largest absolute Gasteiger partial charge is 0.496 e. The number of nitrogens with one attached hydrogen (secondary N) is 1. The SMILES string of the molecule is COc1ccc(C)cc1C(NN)C1CCC(C)C(C)C1. The van der Waals surface area contributed by atoms with Crippen molar-refractivity contribution in [2.75, 3.05) is 7.11 Å². The van der Waals surface area contributed by atoms with Gasteiger partial charge in [-0.15, -0.1) is 0 Å². The average molecular weight is 276 g/mol. The second-order valence-corrected chi connectivity index (χ2v) is 6.42. The molecule has 1 fully saturated rings. The van der Waals surface area contributed by atoms with Crippen LogP contribution in [0.5, 0.6) is 5.75 Å². The maximum atomic E-state index is 5.88. The molecular formula is C17H28N2O. The van der Waals surface area contributed by atoms with Crippen LogP contribution in [0.4, 0.5) is 0 Å². The fourth-order valence-corrected chi connectivity index (χ4v) is 3.47.